The summed E-state index contributed by atoms with van der Waals surface area (Å²) in [5.41, 5.74) is 1.25. The monoisotopic (exact) mass is 278 g/mol. The van der Waals surface area contributed by atoms with E-state index >= 15 is 0 Å². The van der Waals surface area contributed by atoms with Crippen LogP contribution in [0.3, 0.4) is 0 Å². The Labute approximate surface area is 116 Å². The Balaban J connectivity index is 1.92. The Bertz CT molecular complexity index is 574. The van der Waals surface area contributed by atoms with E-state index in [-0.39, 0.29) is 5.91 Å². The minimum atomic E-state index is -0.151. The summed E-state index contributed by atoms with van der Waals surface area (Å²) in [6.07, 6.45) is 4.30. The van der Waals surface area contributed by atoms with E-state index in [1.54, 1.807) is 25.3 Å². The number of hydrogen-bond donors (Lipinski definition) is 1. The van der Waals surface area contributed by atoms with Crippen LogP contribution in [0, 0.1) is 6.92 Å². The van der Waals surface area contributed by atoms with Crippen LogP contribution >= 0.6 is 11.6 Å². The van der Waals surface area contributed by atoms with Crippen molar-refractivity contribution in [1.82, 2.24) is 19.9 Å². The third-order valence-corrected chi connectivity index (χ3v) is 2.93. The van der Waals surface area contributed by atoms with Gasteiger partial charge in [-0.1, -0.05) is 11.6 Å². The van der Waals surface area contributed by atoms with Gasteiger partial charge in [-0.25, -0.2) is 9.97 Å². The van der Waals surface area contributed by atoms with Gasteiger partial charge < -0.3 is 9.88 Å². The van der Waals surface area contributed by atoms with Crippen molar-refractivity contribution in [2.24, 2.45) is 7.05 Å². The molecule has 0 aliphatic rings. The SMILES string of the molecule is Cc1cc(C(=O)NCCc2nccn2C)cc(Cl)n1. The standard InChI is InChI=1S/C13H15ClN4O/c1-9-7-10(8-11(14)17-9)13(19)16-4-3-12-15-5-6-18(12)2/h5-8H,3-4H2,1-2H3,(H,16,19). The van der Waals surface area contributed by atoms with Crippen LogP contribution in [0.4, 0.5) is 0 Å². The molecule has 2 aromatic heterocycles. The molecule has 0 unspecified atom stereocenters. The second kappa shape index (κ2) is 5.84. The van der Waals surface area contributed by atoms with E-state index in [9.17, 15) is 4.79 Å². The van der Waals surface area contributed by atoms with Gasteiger partial charge in [-0.15, -0.1) is 0 Å². The Morgan fingerprint density at radius 2 is 2.26 bits per heavy atom. The zero-order valence-corrected chi connectivity index (χ0v) is 11.6. The van der Waals surface area contributed by atoms with Crippen molar-refractivity contribution in [2.45, 2.75) is 13.3 Å². The molecule has 2 rings (SSSR count). The van der Waals surface area contributed by atoms with E-state index in [0.717, 1.165) is 11.5 Å². The zero-order valence-electron chi connectivity index (χ0n) is 10.9. The van der Waals surface area contributed by atoms with Crippen molar-refractivity contribution in [3.05, 3.63) is 46.8 Å². The summed E-state index contributed by atoms with van der Waals surface area (Å²) in [5, 5.41) is 3.17. The molecule has 6 heteroatoms. The first kappa shape index (κ1) is 13.5. The van der Waals surface area contributed by atoms with E-state index in [4.69, 9.17) is 11.6 Å². The Kier molecular flexibility index (Phi) is 4.16. The molecule has 2 heterocycles. The largest absolute Gasteiger partial charge is 0.352 e. The highest BCUT2D eigenvalue weighted by Crippen LogP contribution is 2.10. The maximum absolute atomic E-state index is 11.9. The van der Waals surface area contributed by atoms with Crippen LogP contribution in [0.1, 0.15) is 21.9 Å². The lowest BCUT2D eigenvalue weighted by Crippen LogP contribution is -2.26. The fraction of sp³-hybridized carbons (Fsp3) is 0.308. The fourth-order valence-electron chi connectivity index (χ4n) is 1.79. The molecule has 0 bridgehead atoms. The van der Waals surface area contributed by atoms with Crippen LogP contribution in [-0.4, -0.2) is 27.0 Å². The Morgan fingerprint density at radius 3 is 2.89 bits per heavy atom. The Hall–Kier alpha value is -1.88. The molecule has 1 N–H and O–H groups in total. The van der Waals surface area contributed by atoms with E-state index in [0.29, 0.717) is 23.7 Å². The second-order valence-corrected chi connectivity index (χ2v) is 4.67. The van der Waals surface area contributed by atoms with Crippen LogP contribution in [-0.2, 0) is 13.5 Å². The van der Waals surface area contributed by atoms with E-state index in [2.05, 4.69) is 15.3 Å². The average molecular weight is 279 g/mol. The molecular weight excluding hydrogens is 264 g/mol. The molecular formula is C13H15ClN4O. The third kappa shape index (κ3) is 3.54. The van der Waals surface area contributed by atoms with Crippen molar-refractivity contribution >= 4 is 17.5 Å². The molecule has 0 aromatic carbocycles. The summed E-state index contributed by atoms with van der Waals surface area (Å²) in [7, 11) is 1.93. The van der Waals surface area contributed by atoms with Crippen molar-refractivity contribution in [3.8, 4) is 0 Å². The number of rotatable bonds is 4. The lowest BCUT2D eigenvalue weighted by Gasteiger charge is -2.06. The van der Waals surface area contributed by atoms with E-state index < -0.39 is 0 Å². The summed E-state index contributed by atoms with van der Waals surface area (Å²) in [5.74, 6) is 0.783. The van der Waals surface area contributed by atoms with Gasteiger partial charge in [0.05, 0.1) is 0 Å². The third-order valence-electron chi connectivity index (χ3n) is 2.74. The van der Waals surface area contributed by atoms with Gasteiger partial charge in [0.1, 0.15) is 11.0 Å². The van der Waals surface area contributed by atoms with Gasteiger partial charge in [0, 0.05) is 43.7 Å². The van der Waals surface area contributed by atoms with Gasteiger partial charge in [0.25, 0.3) is 5.91 Å². The number of amides is 1. The fourth-order valence-corrected chi connectivity index (χ4v) is 2.04. The number of nitrogens with zero attached hydrogens (tertiary/aromatic N) is 3. The molecule has 2 aromatic rings. The highest BCUT2D eigenvalue weighted by molar-refractivity contribution is 6.29. The number of halogens is 1. The normalized spacial score (nSPS) is 10.5. The summed E-state index contributed by atoms with van der Waals surface area (Å²) in [6.45, 7) is 2.33. The smallest absolute Gasteiger partial charge is 0.251 e. The lowest BCUT2D eigenvalue weighted by molar-refractivity contribution is 0.0953. The van der Waals surface area contributed by atoms with E-state index in [1.165, 1.54) is 0 Å². The Morgan fingerprint density at radius 1 is 1.47 bits per heavy atom. The van der Waals surface area contributed by atoms with Crippen LogP contribution in [0.25, 0.3) is 0 Å². The number of carbonyl (C=O) groups is 1. The highest BCUT2D eigenvalue weighted by Gasteiger charge is 2.08. The number of hydrogen-bond acceptors (Lipinski definition) is 3. The summed E-state index contributed by atoms with van der Waals surface area (Å²) in [4.78, 5) is 20.2. The quantitative estimate of drug-likeness (QED) is 0.867. The second-order valence-electron chi connectivity index (χ2n) is 4.28. The van der Waals surface area contributed by atoms with Crippen molar-refractivity contribution in [1.29, 1.82) is 0 Å². The molecule has 0 aliphatic heterocycles. The number of carbonyl (C=O) groups excluding carboxylic acids is 1. The molecule has 0 spiro atoms. The molecule has 0 saturated heterocycles. The first-order valence-electron chi connectivity index (χ1n) is 5.95. The van der Waals surface area contributed by atoms with Crippen molar-refractivity contribution in [2.75, 3.05) is 6.54 Å². The van der Waals surface area contributed by atoms with Gasteiger partial charge in [-0.05, 0) is 19.1 Å². The molecule has 100 valence electrons. The highest BCUT2D eigenvalue weighted by atomic mass is 35.5. The molecule has 1 amide bonds. The lowest BCUT2D eigenvalue weighted by atomic mass is 10.2. The molecule has 0 fully saturated rings. The summed E-state index contributed by atoms with van der Waals surface area (Å²) < 4.78 is 1.93. The predicted molar refractivity (Wildman–Crippen MR) is 73.2 cm³/mol. The predicted octanol–water partition coefficient (Wildman–Crippen LogP) is 1.75. The first-order chi connectivity index (χ1) is 9.06. The molecule has 5 nitrogen and oxygen atoms in total. The van der Waals surface area contributed by atoms with E-state index in [1.807, 2.05) is 17.8 Å². The molecule has 0 aliphatic carbocycles. The number of aryl methyl sites for hydroxylation is 2. The van der Waals surface area contributed by atoms with Crippen molar-refractivity contribution in [3.63, 3.8) is 0 Å². The van der Waals surface area contributed by atoms with Gasteiger partial charge in [0.2, 0.25) is 0 Å². The van der Waals surface area contributed by atoms with Crippen LogP contribution in [0.15, 0.2) is 24.5 Å². The molecule has 19 heavy (non-hydrogen) atoms. The van der Waals surface area contributed by atoms with Crippen molar-refractivity contribution < 1.29 is 4.79 Å². The van der Waals surface area contributed by atoms with Gasteiger partial charge >= 0.3 is 0 Å². The number of nitrogens with one attached hydrogen (secondary N) is 1. The number of pyridine rings is 1. The molecule has 0 radical (unpaired) electrons. The topological polar surface area (TPSA) is 59.8 Å². The first-order valence-corrected chi connectivity index (χ1v) is 6.32. The molecule has 0 saturated carbocycles. The van der Waals surface area contributed by atoms with Crippen LogP contribution in [0.5, 0.6) is 0 Å². The van der Waals surface area contributed by atoms with Gasteiger partial charge in [-0.3, -0.25) is 4.79 Å². The van der Waals surface area contributed by atoms with Gasteiger partial charge in [0.15, 0.2) is 0 Å². The maximum atomic E-state index is 11.9. The maximum Gasteiger partial charge on any atom is 0.251 e. The van der Waals surface area contributed by atoms with Crippen LogP contribution in [0.2, 0.25) is 5.15 Å². The van der Waals surface area contributed by atoms with Gasteiger partial charge in [-0.2, -0.15) is 0 Å². The summed E-state index contributed by atoms with van der Waals surface area (Å²) in [6, 6.07) is 3.27. The minimum absolute atomic E-state index is 0.151. The average Bonchev–Trinajstić information content (AvgIpc) is 2.74. The zero-order chi connectivity index (χ0) is 13.8. The number of imidazole rings is 1. The molecule has 0 atom stereocenters. The summed E-state index contributed by atoms with van der Waals surface area (Å²) >= 11 is 5.83. The van der Waals surface area contributed by atoms with Crippen LogP contribution < -0.4 is 5.32 Å². The number of aromatic nitrogens is 3. The minimum Gasteiger partial charge on any atom is -0.352 e.